The largest absolute Gasteiger partial charge is 0.351 e. The molecule has 0 saturated heterocycles. The van der Waals surface area contributed by atoms with Crippen LogP contribution in [0.4, 0.5) is 4.39 Å². The van der Waals surface area contributed by atoms with E-state index in [1.165, 1.54) is 23.8 Å². The van der Waals surface area contributed by atoms with Gasteiger partial charge in [-0.25, -0.2) is 4.39 Å². The van der Waals surface area contributed by atoms with E-state index >= 15 is 0 Å². The molecule has 1 aromatic heterocycles. The Morgan fingerprint density at radius 2 is 1.83 bits per heavy atom. The Hall–Kier alpha value is -3.48. The SMILES string of the molecule is O=C(NCCCc1ccccc1)c1cc2n(n1)CCN(Cc1cccc(F)c1)C2=O. The lowest BCUT2D eigenvalue weighted by atomic mass is 10.1. The zero-order chi connectivity index (χ0) is 20.9. The maximum absolute atomic E-state index is 13.4. The summed E-state index contributed by atoms with van der Waals surface area (Å²) in [5, 5.41) is 7.16. The molecular weight excluding hydrogens is 383 g/mol. The highest BCUT2D eigenvalue weighted by Gasteiger charge is 2.27. The Balaban J connectivity index is 1.34. The predicted octanol–water partition coefficient (Wildman–Crippen LogP) is 3.04. The molecule has 2 aromatic carbocycles. The highest BCUT2D eigenvalue weighted by atomic mass is 19.1. The average Bonchev–Trinajstić information content (AvgIpc) is 3.19. The normalized spacial score (nSPS) is 13.2. The molecule has 0 aliphatic carbocycles. The van der Waals surface area contributed by atoms with Crippen molar-refractivity contribution in [2.45, 2.75) is 25.9 Å². The van der Waals surface area contributed by atoms with Gasteiger partial charge in [-0.15, -0.1) is 0 Å². The summed E-state index contributed by atoms with van der Waals surface area (Å²) < 4.78 is 15.0. The van der Waals surface area contributed by atoms with Gasteiger partial charge in [-0.05, 0) is 36.1 Å². The molecule has 0 radical (unpaired) electrons. The monoisotopic (exact) mass is 406 g/mol. The lowest BCUT2D eigenvalue weighted by Crippen LogP contribution is -2.39. The van der Waals surface area contributed by atoms with E-state index in [0.29, 0.717) is 31.9 Å². The van der Waals surface area contributed by atoms with Gasteiger partial charge in [0.15, 0.2) is 5.69 Å². The molecule has 1 N–H and O–H groups in total. The number of hydrogen-bond donors (Lipinski definition) is 1. The number of aryl methyl sites for hydroxylation is 1. The number of fused-ring (bicyclic) bond motifs is 1. The number of carbonyl (C=O) groups is 2. The van der Waals surface area contributed by atoms with E-state index in [4.69, 9.17) is 0 Å². The van der Waals surface area contributed by atoms with Crippen molar-refractivity contribution >= 4 is 11.8 Å². The smallest absolute Gasteiger partial charge is 0.272 e. The van der Waals surface area contributed by atoms with Gasteiger partial charge in [-0.3, -0.25) is 14.3 Å². The van der Waals surface area contributed by atoms with E-state index < -0.39 is 0 Å². The van der Waals surface area contributed by atoms with E-state index in [1.807, 2.05) is 18.2 Å². The van der Waals surface area contributed by atoms with Crippen LogP contribution < -0.4 is 5.32 Å². The summed E-state index contributed by atoms with van der Waals surface area (Å²) in [5.41, 5.74) is 2.58. The fourth-order valence-electron chi connectivity index (χ4n) is 3.59. The molecule has 6 nitrogen and oxygen atoms in total. The van der Waals surface area contributed by atoms with Crippen LogP contribution in [0.25, 0.3) is 0 Å². The van der Waals surface area contributed by atoms with Crippen molar-refractivity contribution in [1.29, 1.82) is 0 Å². The fourth-order valence-corrected chi connectivity index (χ4v) is 3.59. The van der Waals surface area contributed by atoms with Gasteiger partial charge in [0.05, 0.1) is 6.54 Å². The molecule has 2 amide bonds. The Morgan fingerprint density at radius 3 is 2.63 bits per heavy atom. The van der Waals surface area contributed by atoms with Crippen molar-refractivity contribution in [2.24, 2.45) is 0 Å². The fraction of sp³-hybridized carbons (Fsp3) is 0.261. The second kappa shape index (κ2) is 8.90. The molecule has 30 heavy (non-hydrogen) atoms. The maximum Gasteiger partial charge on any atom is 0.272 e. The molecule has 0 spiro atoms. The van der Waals surface area contributed by atoms with Crippen molar-refractivity contribution in [1.82, 2.24) is 20.0 Å². The quantitative estimate of drug-likeness (QED) is 0.614. The number of rotatable bonds is 7. The highest BCUT2D eigenvalue weighted by Crippen LogP contribution is 2.17. The lowest BCUT2D eigenvalue weighted by molar-refractivity contribution is 0.0683. The lowest BCUT2D eigenvalue weighted by Gasteiger charge is -2.27. The maximum atomic E-state index is 13.4. The van der Waals surface area contributed by atoms with Gasteiger partial charge in [0.25, 0.3) is 11.8 Å². The van der Waals surface area contributed by atoms with E-state index in [9.17, 15) is 14.0 Å². The van der Waals surface area contributed by atoms with E-state index in [-0.39, 0.29) is 23.3 Å². The summed E-state index contributed by atoms with van der Waals surface area (Å²) in [6.07, 6.45) is 1.71. The van der Waals surface area contributed by atoms with Gasteiger partial charge in [0, 0.05) is 25.7 Å². The van der Waals surface area contributed by atoms with Gasteiger partial charge in [-0.1, -0.05) is 42.5 Å². The highest BCUT2D eigenvalue weighted by molar-refractivity contribution is 5.98. The summed E-state index contributed by atoms with van der Waals surface area (Å²) in [6, 6.07) is 17.9. The van der Waals surface area contributed by atoms with E-state index in [2.05, 4.69) is 22.5 Å². The number of benzene rings is 2. The standard InChI is InChI=1S/C23H23FN4O2/c24-19-10-4-8-18(14-19)16-27-12-13-28-21(23(27)30)15-20(26-28)22(29)25-11-5-9-17-6-2-1-3-7-17/h1-4,6-8,10,14-15H,5,9,11-13,16H2,(H,25,29). The third-order valence-corrected chi connectivity index (χ3v) is 5.13. The molecule has 0 bridgehead atoms. The predicted molar refractivity (Wildman–Crippen MR) is 110 cm³/mol. The molecular formula is C23H23FN4O2. The minimum atomic E-state index is -0.326. The third-order valence-electron chi connectivity index (χ3n) is 5.13. The van der Waals surface area contributed by atoms with Crippen LogP contribution in [0, 0.1) is 5.82 Å². The topological polar surface area (TPSA) is 67.2 Å². The summed E-state index contributed by atoms with van der Waals surface area (Å²) in [4.78, 5) is 26.9. The summed E-state index contributed by atoms with van der Waals surface area (Å²) in [6.45, 7) is 1.82. The molecule has 0 unspecified atom stereocenters. The molecule has 1 aliphatic rings. The van der Waals surface area contributed by atoms with Crippen LogP contribution in [0.3, 0.4) is 0 Å². The summed E-state index contributed by atoms with van der Waals surface area (Å²) in [5.74, 6) is -0.816. The minimum Gasteiger partial charge on any atom is -0.351 e. The van der Waals surface area contributed by atoms with Crippen LogP contribution in [-0.2, 0) is 19.5 Å². The molecule has 7 heteroatoms. The Bertz CT molecular complexity index is 1050. The first-order valence-corrected chi connectivity index (χ1v) is 10.0. The number of aromatic nitrogens is 2. The van der Waals surface area contributed by atoms with Gasteiger partial charge in [-0.2, -0.15) is 5.10 Å². The number of carbonyl (C=O) groups excluding carboxylic acids is 2. The van der Waals surface area contributed by atoms with Crippen molar-refractivity contribution in [3.63, 3.8) is 0 Å². The van der Waals surface area contributed by atoms with Crippen LogP contribution >= 0.6 is 0 Å². The van der Waals surface area contributed by atoms with Crippen molar-refractivity contribution in [3.8, 4) is 0 Å². The minimum absolute atomic E-state index is 0.207. The zero-order valence-corrected chi connectivity index (χ0v) is 16.6. The molecule has 2 heterocycles. The third kappa shape index (κ3) is 4.56. The Labute approximate surface area is 174 Å². The number of halogens is 1. The van der Waals surface area contributed by atoms with Crippen molar-refractivity contribution in [3.05, 3.63) is 89.0 Å². The first kappa shape index (κ1) is 19.8. The van der Waals surface area contributed by atoms with Gasteiger partial charge < -0.3 is 10.2 Å². The number of hydrogen-bond acceptors (Lipinski definition) is 3. The van der Waals surface area contributed by atoms with Gasteiger partial charge in [0.2, 0.25) is 0 Å². The van der Waals surface area contributed by atoms with Crippen LogP contribution in [0.15, 0.2) is 60.7 Å². The molecule has 1 aliphatic heterocycles. The second-order valence-electron chi connectivity index (χ2n) is 7.34. The number of amides is 2. The summed E-state index contributed by atoms with van der Waals surface area (Å²) >= 11 is 0. The van der Waals surface area contributed by atoms with E-state index in [0.717, 1.165) is 18.4 Å². The Morgan fingerprint density at radius 1 is 1.03 bits per heavy atom. The molecule has 154 valence electrons. The average molecular weight is 406 g/mol. The van der Waals surface area contributed by atoms with Crippen molar-refractivity contribution in [2.75, 3.05) is 13.1 Å². The van der Waals surface area contributed by atoms with Gasteiger partial charge in [0.1, 0.15) is 11.5 Å². The first-order valence-electron chi connectivity index (χ1n) is 10.0. The number of nitrogens with one attached hydrogen (secondary N) is 1. The first-order chi connectivity index (χ1) is 14.6. The number of nitrogens with zero attached hydrogens (tertiary/aromatic N) is 3. The van der Waals surface area contributed by atoms with Crippen LogP contribution in [-0.4, -0.2) is 39.6 Å². The summed E-state index contributed by atoms with van der Waals surface area (Å²) in [7, 11) is 0. The van der Waals surface area contributed by atoms with Gasteiger partial charge >= 0.3 is 0 Å². The molecule has 0 saturated carbocycles. The zero-order valence-electron chi connectivity index (χ0n) is 16.6. The molecule has 3 aromatic rings. The van der Waals surface area contributed by atoms with Crippen molar-refractivity contribution < 1.29 is 14.0 Å². The van der Waals surface area contributed by atoms with Crippen LogP contribution in [0.2, 0.25) is 0 Å². The van der Waals surface area contributed by atoms with Crippen LogP contribution in [0.5, 0.6) is 0 Å². The van der Waals surface area contributed by atoms with Crippen LogP contribution in [0.1, 0.15) is 38.5 Å². The molecule has 4 rings (SSSR count). The molecule has 0 fully saturated rings. The van der Waals surface area contributed by atoms with E-state index in [1.54, 1.807) is 21.7 Å². The Kier molecular flexibility index (Phi) is 5.88. The second-order valence-corrected chi connectivity index (χ2v) is 7.34. The molecule has 0 atom stereocenters.